The number of halogens is 3. The minimum Gasteiger partial charge on any atom is -0.366 e. The SMILES string of the molecule is CC1=NC2C(C(N)=O)=CC=CC2N1.Cc1[nH]c2cc(F)cc3c2c1CCNC3=O.Cc1ccc(-c2[nH]c3cc(F)cc4c3c2CCNC4=O)cc1.Cc1ccc(-n2cc3cccc(C(N)=O)c3n2)cc1.Cc1ccc(C2=NC3C(C(N)=O)=CC=CC3N2)cc1.Cc1ccc([N+]2=CC3C=CC=C(C(N)=O)C3C2)c(F)c1.Cn1cc2cccc(C(N)=O)c2n1. The predicted octanol–water partition coefficient (Wildman–Crippen LogP) is 11.4. The van der Waals surface area contributed by atoms with E-state index in [-0.39, 0.29) is 65.4 Å². The van der Waals surface area contributed by atoms with Gasteiger partial charge in [0.05, 0.1) is 57.7 Å². The number of aromatic amines is 2. The maximum absolute atomic E-state index is 14.0. The number of amides is 7. The number of aliphatic imine (C=N–C) groups is 2. The van der Waals surface area contributed by atoms with E-state index in [2.05, 4.69) is 63.6 Å². The molecular weight excluding hydrogens is 1550 g/mol. The molecule has 8 aliphatic rings. The van der Waals surface area contributed by atoms with Crippen LogP contribution in [0.2, 0.25) is 0 Å². The number of fused-ring (bicyclic) bond motifs is 5. The summed E-state index contributed by atoms with van der Waals surface area (Å²) in [6.07, 6.45) is 24.0. The van der Waals surface area contributed by atoms with Gasteiger partial charge in [-0.1, -0.05) is 162 Å². The molecule has 0 saturated heterocycles. The van der Waals surface area contributed by atoms with Gasteiger partial charge in [-0.25, -0.2) is 13.5 Å². The molecule has 4 aromatic heterocycles. The van der Waals surface area contributed by atoms with Gasteiger partial charge in [-0.3, -0.25) is 48.2 Å². The molecule has 0 fully saturated rings. The molecular formula is C94H90F3N18O7+. The monoisotopic (exact) mass is 1640 g/mol. The number of primary amides is 5. The Balaban J connectivity index is 0.000000117. The summed E-state index contributed by atoms with van der Waals surface area (Å²) in [7, 11) is 1.81. The molecule has 16 N–H and O–H groups in total. The molecule has 5 aliphatic heterocycles. The van der Waals surface area contributed by atoms with E-state index in [1.807, 2.05) is 193 Å². The fourth-order valence-electron chi connectivity index (χ4n) is 15.9. The molecule has 0 spiro atoms. The summed E-state index contributed by atoms with van der Waals surface area (Å²) < 4.78 is 46.5. The van der Waals surface area contributed by atoms with Crippen LogP contribution in [0.1, 0.15) is 93.0 Å². The first-order chi connectivity index (χ1) is 58.5. The smallest absolute Gasteiger partial charge is 0.252 e. The number of H-pyrrole nitrogens is 2. The number of benzene rings is 8. The number of carbonyl (C=O) groups is 7. The lowest BCUT2D eigenvalue weighted by atomic mass is 9.84. The van der Waals surface area contributed by atoms with Crippen molar-refractivity contribution >= 4 is 109 Å². The normalized spacial score (nSPS) is 18.2. The van der Waals surface area contributed by atoms with Crippen LogP contribution < -0.4 is 49.9 Å². The van der Waals surface area contributed by atoms with E-state index in [0.29, 0.717) is 86.4 Å². The van der Waals surface area contributed by atoms with Gasteiger partial charge in [0.25, 0.3) is 23.6 Å². The molecule has 20 rings (SSSR count). The standard InChI is InChI=1S/C18H15FN2O.C16H15FN2O.C15H13N3O.C15H15N3O.C12H11FN2O.C9H9N3O.C9H11N3O/c1-10-2-4-11(5-3-10)17-13-6-7-20-18(22)14-8-12(19)9-15(21-17)16(13)14;1-10-5-6-15(14(17)7-10)19-8-11-3-2-4-12(16(18)20)13(11)9-19;1-10-5-7-12(8-6-10)18-9-11-3-2-4-13(15(16)19)14(11)17-18;1-9-5-7-10(8-6-9)15-17-12-4-2-3-11(14(16)19)13(12)18-15;1-6-8-2-3-14-12(16)9-4-7(13)5-10(15-6)11(8)9;1-12-5-6-3-2-4-7(9(10)13)8(6)11-12;1-5-11-7-4-2-3-6(9(10)13)8(7)12-5/h2-5,8-9,21H,6-7H2,1H3,(H,20,22);2-8,11,13H,9H2,1H3,(H-,18,20);2-9H,1H3,(H2,16,19);2-8,12-13H,1H3,(H2,16,19)(H,17,18);4-5,15H,2-3H2,1H3,(H,14,16);2-5H,1H3,(H2,10,13);2-4,7-8H,1H3,(H2,10,13)(H,11,12)/p+1. The molecule has 0 radical (unpaired) electrons. The zero-order valence-electron chi connectivity index (χ0n) is 67.9. The molecule has 28 heteroatoms. The molecule has 6 atom stereocenters. The molecule has 0 saturated carbocycles. The van der Waals surface area contributed by atoms with Gasteiger partial charge in [-0.15, -0.1) is 0 Å². The number of nitrogens with zero attached hydrogens (tertiary/aromatic N) is 7. The van der Waals surface area contributed by atoms with Gasteiger partial charge < -0.3 is 59.9 Å². The van der Waals surface area contributed by atoms with E-state index in [9.17, 15) is 46.7 Å². The van der Waals surface area contributed by atoms with Crippen molar-refractivity contribution in [3.63, 3.8) is 0 Å². The van der Waals surface area contributed by atoms with Crippen molar-refractivity contribution in [2.45, 2.75) is 78.6 Å². The number of carbonyl (C=O) groups excluding carboxylic acids is 7. The second-order valence-electron chi connectivity index (χ2n) is 30.6. The number of nitrogens with one attached hydrogen (secondary N) is 6. The van der Waals surface area contributed by atoms with Crippen LogP contribution in [0.5, 0.6) is 0 Å². The quantitative estimate of drug-likeness (QED) is 0.0603. The zero-order valence-corrected chi connectivity index (χ0v) is 67.9. The summed E-state index contributed by atoms with van der Waals surface area (Å²) >= 11 is 0. The number of hydrogen-bond donors (Lipinski definition) is 11. The highest BCUT2D eigenvalue weighted by atomic mass is 19.1. The summed E-state index contributed by atoms with van der Waals surface area (Å²) in [5.41, 5.74) is 45.0. The van der Waals surface area contributed by atoms with Crippen molar-refractivity contribution in [3.8, 4) is 16.9 Å². The van der Waals surface area contributed by atoms with E-state index in [1.165, 1.54) is 47.0 Å². The topological polar surface area (TPSA) is 393 Å². The van der Waals surface area contributed by atoms with Gasteiger partial charge >= 0.3 is 0 Å². The van der Waals surface area contributed by atoms with E-state index in [4.69, 9.17) is 28.7 Å². The Labute approximate surface area is 699 Å². The number of nitrogens with two attached hydrogens (primary N) is 5. The molecule has 618 valence electrons. The Kier molecular flexibility index (Phi) is 24.3. The van der Waals surface area contributed by atoms with Crippen LogP contribution in [-0.4, -0.2) is 137 Å². The molecule has 9 heterocycles. The third-order valence-electron chi connectivity index (χ3n) is 21.9. The summed E-state index contributed by atoms with van der Waals surface area (Å²) in [6.45, 7) is 13.5. The molecule has 8 aromatic carbocycles. The van der Waals surface area contributed by atoms with Crippen LogP contribution in [0.4, 0.5) is 18.9 Å². The van der Waals surface area contributed by atoms with Crippen LogP contribution in [0.15, 0.2) is 245 Å². The maximum Gasteiger partial charge on any atom is 0.252 e. The van der Waals surface area contributed by atoms with Crippen molar-refractivity contribution in [1.29, 1.82) is 0 Å². The van der Waals surface area contributed by atoms with Crippen molar-refractivity contribution in [2.75, 3.05) is 19.6 Å². The number of aryl methyl sites for hydroxylation is 6. The summed E-state index contributed by atoms with van der Waals surface area (Å²) in [4.78, 5) is 95.5. The van der Waals surface area contributed by atoms with E-state index >= 15 is 0 Å². The molecule has 25 nitrogen and oxygen atoms in total. The highest BCUT2D eigenvalue weighted by molar-refractivity contribution is 6.12. The maximum atomic E-state index is 14.0. The lowest BCUT2D eigenvalue weighted by molar-refractivity contribution is -0.433. The Morgan fingerprint density at radius 3 is 1.58 bits per heavy atom. The highest BCUT2D eigenvalue weighted by Gasteiger charge is 2.40. The first kappa shape index (κ1) is 83.4. The fourth-order valence-corrected chi connectivity index (χ4v) is 15.9. The average molecular weight is 1640 g/mol. The molecule has 122 heavy (non-hydrogen) atoms. The van der Waals surface area contributed by atoms with E-state index in [0.717, 1.165) is 91.0 Å². The molecule has 7 amide bonds. The van der Waals surface area contributed by atoms with Gasteiger partial charge in [0.2, 0.25) is 23.4 Å². The molecule has 3 aliphatic carbocycles. The van der Waals surface area contributed by atoms with Gasteiger partial charge in [-0.05, 0) is 131 Å². The van der Waals surface area contributed by atoms with Crippen molar-refractivity contribution in [3.05, 3.63) is 320 Å². The highest BCUT2D eigenvalue weighted by Crippen LogP contribution is 2.37. The minimum atomic E-state index is -0.459. The largest absolute Gasteiger partial charge is 0.366 e. The second-order valence-corrected chi connectivity index (χ2v) is 30.6. The van der Waals surface area contributed by atoms with Crippen LogP contribution in [0.3, 0.4) is 0 Å². The number of amidine groups is 2. The van der Waals surface area contributed by atoms with Gasteiger partial charge in [-0.2, -0.15) is 19.2 Å². The third-order valence-corrected chi connectivity index (χ3v) is 21.9. The van der Waals surface area contributed by atoms with Gasteiger partial charge in [0, 0.05) is 105 Å². The Hall–Kier alpha value is -15.1. The predicted molar refractivity (Wildman–Crippen MR) is 468 cm³/mol. The lowest BCUT2D eigenvalue weighted by Crippen LogP contribution is -2.38. The van der Waals surface area contributed by atoms with E-state index in [1.54, 1.807) is 51.9 Å². The molecule has 12 aromatic rings. The first-order valence-corrected chi connectivity index (χ1v) is 39.5. The first-order valence-electron chi connectivity index (χ1n) is 39.5. The van der Waals surface area contributed by atoms with Gasteiger partial charge in [0.15, 0.2) is 18.6 Å². The second kappa shape index (κ2) is 35.6. The number of allylic oxidation sites excluding steroid dienone is 7. The van der Waals surface area contributed by atoms with Crippen molar-refractivity contribution in [2.24, 2.45) is 57.5 Å². The summed E-state index contributed by atoms with van der Waals surface area (Å²) in [5.74, 6) is -1.74. The number of hydrogen-bond acceptors (Lipinski definition) is 13. The molecule has 0 bridgehead atoms. The summed E-state index contributed by atoms with van der Waals surface area (Å²) in [6, 6.07) is 45.6. The van der Waals surface area contributed by atoms with Crippen molar-refractivity contribution in [1.82, 2.24) is 50.8 Å². The average Bonchev–Trinajstić information content (AvgIpc) is 1.60. The number of rotatable bonds is 9. The van der Waals surface area contributed by atoms with E-state index < -0.39 is 29.4 Å². The van der Waals surface area contributed by atoms with Crippen LogP contribution in [-0.2, 0) is 34.3 Å². The van der Waals surface area contributed by atoms with Crippen molar-refractivity contribution < 1.29 is 51.3 Å². The van der Waals surface area contributed by atoms with Crippen LogP contribution in [0.25, 0.3) is 60.6 Å². The van der Waals surface area contributed by atoms with Crippen LogP contribution in [0, 0.1) is 63.9 Å². The fraction of sp³-hybridized carbons (Fsp3) is 0.191. The third kappa shape index (κ3) is 18.1. The number of aromatic nitrogens is 6. The Bertz CT molecular complexity index is 6510. The summed E-state index contributed by atoms with van der Waals surface area (Å²) in [5, 5.41) is 24.2. The Morgan fingerprint density at radius 2 is 1.01 bits per heavy atom. The lowest BCUT2D eigenvalue weighted by Gasteiger charge is -2.18. The van der Waals surface area contributed by atoms with Gasteiger partial charge in [0.1, 0.15) is 40.6 Å². The zero-order chi connectivity index (χ0) is 86.5. The van der Waals surface area contributed by atoms with Crippen LogP contribution >= 0.6 is 0 Å². The minimum absolute atomic E-state index is 0.0122. The Morgan fingerprint density at radius 1 is 0.508 bits per heavy atom. The molecule has 6 unspecified atom stereocenters.